The van der Waals surface area contributed by atoms with Gasteiger partial charge in [-0.15, -0.1) is 0 Å². The van der Waals surface area contributed by atoms with Gasteiger partial charge in [0.25, 0.3) is 11.6 Å². The lowest BCUT2D eigenvalue weighted by Crippen LogP contribution is -2.37. The molecule has 0 bridgehead atoms. The molecule has 1 amide bonds. The number of non-ortho nitro benzene ring substituents is 1. The van der Waals surface area contributed by atoms with E-state index in [4.69, 9.17) is 14.2 Å². The van der Waals surface area contributed by atoms with Crippen LogP contribution in [0.4, 0.5) is 11.4 Å². The fourth-order valence-electron chi connectivity index (χ4n) is 5.74. The third-order valence-corrected chi connectivity index (χ3v) is 7.74. The standard InChI is InChI=1S/C32H31N3O7/c1-18-29(32(37)34-23-7-5-6-8-26(23)40-2)30(19-9-12-22(13-10-19)35(38)39)31-24(33-18)15-21(16-25(31)36)20-11-14-27(41-3)28(17-20)42-4/h5-14,17,21,30,33H,15-16H2,1-4H3,(H,34,37)/t21-,30+/m1/s1. The molecule has 0 saturated carbocycles. The summed E-state index contributed by atoms with van der Waals surface area (Å²) in [5, 5.41) is 17.6. The van der Waals surface area contributed by atoms with Crippen LogP contribution in [0, 0.1) is 10.1 Å². The fourth-order valence-corrected chi connectivity index (χ4v) is 5.74. The zero-order valence-corrected chi connectivity index (χ0v) is 23.7. The summed E-state index contributed by atoms with van der Waals surface area (Å²) in [5.74, 6) is 0.298. The topological polar surface area (TPSA) is 129 Å². The number of anilines is 1. The highest BCUT2D eigenvalue weighted by molar-refractivity contribution is 6.10. The van der Waals surface area contributed by atoms with Crippen molar-refractivity contribution in [2.45, 2.75) is 31.6 Å². The molecule has 2 aliphatic rings. The van der Waals surface area contributed by atoms with E-state index in [9.17, 15) is 19.7 Å². The van der Waals surface area contributed by atoms with E-state index < -0.39 is 16.7 Å². The number of nitro benzene ring substituents is 1. The van der Waals surface area contributed by atoms with Crippen LogP contribution in [0.25, 0.3) is 0 Å². The first-order valence-electron chi connectivity index (χ1n) is 13.4. The lowest BCUT2D eigenvalue weighted by atomic mass is 9.71. The number of nitro groups is 1. The van der Waals surface area contributed by atoms with Crippen molar-refractivity contribution in [3.63, 3.8) is 0 Å². The Morgan fingerprint density at radius 3 is 2.24 bits per heavy atom. The van der Waals surface area contributed by atoms with Crippen LogP contribution in [-0.4, -0.2) is 37.9 Å². The van der Waals surface area contributed by atoms with Crippen molar-refractivity contribution >= 4 is 23.1 Å². The van der Waals surface area contributed by atoms with Crippen molar-refractivity contribution < 1.29 is 28.7 Å². The molecule has 1 aliphatic heterocycles. The summed E-state index contributed by atoms with van der Waals surface area (Å²) in [6.45, 7) is 1.80. The number of carbonyl (C=O) groups is 2. The summed E-state index contributed by atoms with van der Waals surface area (Å²) in [5.41, 5.74) is 4.09. The zero-order valence-electron chi connectivity index (χ0n) is 23.7. The molecule has 5 rings (SSSR count). The summed E-state index contributed by atoms with van der Waals surface area (Å²) >= 11 is 0. The molecule has 3 aromatic carbocycles. The third-order valence-electron chi connectivity index (χ3n) is 7.74. The average molecular weight is 570 g/mol. The Balaban J connectivity index is 1.56. The van der Waals surface area contributed by atoms with Crippen LogP contribution in [0.1, 0.15) is 42.7 Å². The van der Waals surface area contributed by atoms with Crippen molar-refractivity contribution in [1.29, 1.82) is 0 Å². The summed E-state index contributed by atoms with van der Waals surface area (Å²) in [4.78, 5) is 38.7. The highest BCUT2D eigenvalue weighted by atomic mass is 16.6. The van der Waals surface area contributed by atoms with Crippen LogP contribution in [0.15, 0.2) is 89.3 Å². The normalized spacial score (nSPS) is 18.1. The molecule has 0 radical (unpaired) electrons. The Morgan fingerprint density at radius 2 is 1.57 bits per heavy atom. The van der Waals surface area contributed by atoms with E-state index in [0.29, 0.717) is 51.8 Å². The minimum Gasteiger partial charge on any atom is -0.495 e. The highest BCUT2D eigenvalue weighted by Crippen LogP contribution is 2.46. The van der Waals surface area contributed by atoms with E-state index >= 15 is 0 Å². The molecule has 0 spiro atoms. The van der Waals surface area contributed by atoms with Crippen LogP contribution >= 0.6 is 0 Å². The second kappa shape index (κ2) is 11.8. The van der Waals surface area contributed by atoms with Gasteiger partial charge >= 0.3 is 0 Å². The number of Topliss-reactive ketones (excluding diaryl/α,β-unsaturated/α-hetero) is 1. The molecule has 2 N–H and O–H groups in total. The molecule has 2 atom stereocenters. The Morgan fingerprint density at radius 1 is 0.905 bits per heavy atom. The quantitative estimate of drug-likeness (QED) is 0.264. The number of rotatable bonds is 8. The van der Waals surface area contributed by atoms with E-state index in [1.807, 2.05) is 18.2 Å². The highest BCUT2D eigenvalue weighted by Gasteiger charge is 2.41. The number of hydrogen-bond acceptors (Lipinski definition) is 8. The molecule has 0 unspecified atom stereocenters. The van der Waals surface area contributed by atoms with Crippen LogP contribution in [0.3, 0.4) is 0 Å². The zero-order chi connectivity index (χ0) is 30.0. The summed E-state index contributed by atoms with van der Waals surface area (Å²) in [6, 6.07) is 18.7. The maximum absolute atomic E-state index is 13.9. The van der Waals surface area contributed by atoms with Gasteiger partial charge in [0.15, 0.2) is 17.3 Å². The molecule has 10 heteroatoms. The predicted octanol–water partition coefficient (Wildman–Crippen LogP) is 5.62. The Hall–Kier alpha value is -5.12. The average Bonchev–Trinajstić information content (AvgIpc) is 3.00. The molecule has 0 aromatic heterocycles. The molecule has 216 valence electrons. The van der Waals surface area contributed by atoms with Crippen LogP contribution in [0.2, 0.25) is 0 Å². The van der Waals surface area contributed by atoms with Crippen LogP contribution in [-0.2, 0) is 9.59 Å². The lowest BCUT2D eigenvalue weighted by Gasteiger charge is -2.37. The molecule has 0 saturated heterocycles. The number of para-hydroxylation sites is 2. The SMILES string of the molecule is COc1ccccc1NC(=O)C1=C(C)NC2=C(C(=O)C[C@H](c3ccc(OC)c(OC)c3)C2)[C@H]1c1ccc([N+](=O)[O-])cc1. The van der Waals surface area contributed by atoms with E-state index in [-0.39, 0.29) is 23.8 Å². The van der Waals surface area contributed by atoms with Gasteiger partial charge in [0.1, 0.15) is 5.75 Å². The Kier molecular flexibility index (Phi) is 7.97. The third kappa shape index (κ3) is 5.30. The summed E-state index contributed by atoms with van der Waals surface area (Å²) in [7, 11) is 4.65. The van der Waals surface area contributed by atoms with E-state index in [0.717, 1.165) is 11.3 Å². The minimum absolute atomic E-state index is 0.0777. The molecular formula is C32H31N3O7. The van der Waals surface area contributed by atoms with Gasteiger partial charge in [0.05, 0.1) is 31.9 Å². The lowest BCUT2D eigenvalue weighted by molar-refractivity contribution is -0.384. The number of allylic oxidation sites excluding steroid dienone is 3. The van der Waals surface area contributed by atoms with Gasteiger partial charge in [-0.1, -0.05) is 30.3 Å². The van der Waals surface area contributed by atoms with Crippen molar-refractivity contribution in [1.82, 2.24) is 5.32 Å². The monoisotopic (exact) mass is 569 g/mol. The second-order valence-electron chi connectivity index (χ2n) is 10.1. The first-order chi connectivity index (χ1) is 20.2. The maximum atomic E-state index is 13.9. The van der Waals surface area contributed by atoms with Gasteiger partial charge in [-0.05, 0) is 54.7 Å². The van der Waals surface area contributed by atoms with E-state index in [2.05, 4.69) is 10.6 Å². The number of ketones is 1. The van der Waals surface area contributed by atoms with E-state index in [1.54, 1.807) is 57.5 Å². The molecule has 1 heterocycles. The number of nitrogens with zero attached hydrogens (tertiary/aromatic N) is 1. The Bertz CT molecular complexity index is 1630. The van der Waals surface area contributed by atoms with Gasteiger partial charge in [-0.3, -0.25) is 19.7 Å². The van der Waals surface area contributed by atoms with Gasteiger partial charge in [0, 0.05) is 47.0 Å². The van der Waals surface area contributed by atoms with Crippen LogP contribution < -0.4 is 24.8 Å². The number of dihydropyridines is 1. The van der Waals surface area contributed by atoms with E-state index in [1.165, 1.54) is 19.2 Å². The molecule has 10 nitrogen and oxygen atoms in total. The van der Waals surface area contributed by atoms with Crippen molar-refractivity contribution in [2.24, 2.45) is 0 Å². The van der Waals surface area contributed by atoms with Crippen molar-refractivity contribution in [2.75, 3.05) is 26.6 Å². The first-order valence-corrected chi connectivity index (χ1v) is 13.4. The van der Waals surface area contributed by atoms with Crippen LogP contribution in [0.5, 0.6) is 17.2 Å². The fraction of sp³-hybridized carbons (Fsp3) is 0.250. The number of carbonyl (C=O) groups excluding carboxylic acids is 2. The van der Waals surface area contributed by atoms with Crippen molar-refractivity contribution in [3.8, 4) is 17.2 Å². The minimum atomic E-state index is -0.726. The summed E-state index contributed by atoms with van der Waals surface area (Å²) in [6.07, 6.45) is 0.749. The van der Waals surface area contributed by atoms with Gasteiger partial charge in [-0.2, -0.15) is 0 Å². The van der Waals surface area contributed by atoms with Gasteiger partial charge in [-0.25, -0.2) is 0 Å². The number of amides is 1. The molecular weight excluding hydrogens is 538 g/mol. The first kappa shape index (κ1) is 28.4. The smallest absolute Gasteiger partial charge is 0.269 e. The maximum Gasteiger partial charge on any atom is 0.269 e. The van der Waals surface area contributed by atoms with Gasteiger partial charge < -0.3 is 24.8 Å². The number of ether oxygens (including phenoxy) is 3. The molecule has 0 fully saturated rings. The number of benzene rings is 3. The van der Waals surface area contributed by atoms with Gasteiger partial charge in [0.2, 0.25) is 0 Å². The Labute approximate surface area is 243 Å². The molecule has 42 heavy (non-hydrogen) atoms. The number of nitrogens with one attached hydrogen (secondary N) is 2. The van der Waals surface area contributed by atoms with Crippen molar-refractivity contribution in [3.05, 3.63) is 111 Å². The number of methoxy groups -OCH3 is 3. The second-order valence-corrected chi connectivity index (χ2v) is 10.1. The number of hydrogen-bond donors (Lipinski definition) is 2. The summed E-state index contributed by atoms with van der Waals surface area (Å²) < 4.78 is 16.3. The predicted molar refractivity (Wildman–Crippen MR) is 157 cm³/mol. The largest absolute Gasteiger partial charge is 0.495 e. The molecule has 1 aliphatic carbocycles. The molecule has 3 aromatic rings.